The van der Waals surface area contributed by atoms with Crippen LogP contribution in [0.25, 0.3) is 0 Å². The summed E-state index contributed by atoms with van der Waals surface area (Å²) in [4.78, 5) is 33.7. The second-order valence-corrected chi connectivity index (χ2v) is 6.79. The van der Waals surface area contributed by atoms with Crippen LogP contribution in [0.1, 0.15) is 58.3 Å². The Morgan fingerprint density at radius 1 is 0.857 bits per heavy atom. The number of aliphatic hydroxyl groups is 1. The monoisotopic (exact) mass is 419 g/mol. The van der Waals surface area contributed by atoms with Gasteiger partial charge < -0.3 is 34.7 Å². The maximum Gasteiger partial charge on any atom is 1.00 e. The molecule has 0 aliphatic carbocycles. The van der Waals surface area contributed by atoms with E-state index in [-0.39, 0.29) is 91.3 Å². The van der Waals surface area contributed by atoms with Crippen LogP contribution >= 0.6 is 0 Å². The minimum absolute atomic E-state index is 0. The normalized spacial score (nSPS) is 10.5. The Morgan fingerprint density at radius 2 is 1.36 bits per heavy atom. The summed E-state index contributed by atoms with van der Waals surface area (Å²) < 4.78 is -0.418. The van der Waals surface area contributed by atoms with Gasteiger partial charge in [-0.05, 0) is 6.42 Å². The molecule has 0 heterocycles. The number of hydrogen-bond donors (Lipinski definition) is 2. The molecule has 0 aliphatic heterocycles. The first-order valence-corrected chi connectivity index (χ1v) is 9.47. The van der Waals surface area contributed by atoms with Gasteiger partial charge in [0.05, 0.1) is 31.6 Å². The number of aliphatic carboxylic acids is 2. The maximum atomic E-state index is 11.8. The summed E-state index contributed by atoms with van der Waals surface area (Å²) in [5.41, 5.74) is 0. The molecule has 1 amide bonds. The van der Waals surface area contributed by atoms with E-state index in [1.807, 2.05) is 0 Å². The third kappa shape index (κ3) is 18.4. The number of quaternary nitrogens is 1. The molecule has 10 heteroatoms. The average molecular weight is 419 g/mol. The topological polar surface area (TPSA) is 130 Å². The number of aliphatic hydroxyl groups excluding tert-OH is 1. The molecule has 0 radical (unpaired) electrons. The molecule has 152 valence electrons. The van der Waals surface area contributed by atoms with Crippen LogP contribution in [0.4, 0.5) is 0 Å². The number of carbonyl (C=O) groups excluding carboxylic acids is 3. The summed E-state index contributed by atoms with van der Waals surface area (Å²) in [6.07, 6.45) is 8.16. The van der Waals surface area contributed by atoms with E-state index in [0.29, 0.717) is 6.42 Å². The molecule has 0 fully saturated rings. The zero-order valence-electron chi connectivity index (χ0n) is 17.8. The molecule has 0 aromatic carbocycles. The number of unbranched alkanes of at least 4 members (excludes halogenated alkanes) is 6. The zero-order chi connectivity index (χ0) is 19.8. The summed E-state index contributed by atoms with van der Waals surface area (Å²) in [6, 6.07) is 0. The number of nitrogens with one attached hydrogen (secondary N) is 1. The van der Waals surface area contributed by atoms with Crippen LogP contribution in [0.5, 0.6) is 0 Å². The molecular formula is C18H33N2Na2O6+. The van der Waals surface area contributed by atoms with Gasteiger partial charge in [0.2, 0.25) is 5.91 Å². The SMILES string of the molecule is CCCCCCCCCC(=O)NCC[N+](CCO)(CC(=O)[O-])CC(=O)[O-].[Na+].[Na+]. The van der Waals surface area contributed by atoms with Crippen molar-refractivity contribution >= 4 is 17.8 Å². The molecule has 0 aliphatic rings. The van der Waals surface area contributed by atoms with Gasteiger partial charge in [-0.3, -0.25) is 4.79 Å². The van der Waals surface area contributed by atoms with E-state index >= 15 is 0 Å². The van der Waals surface area contributed by atoms with Crippen LogP contribution in [-0.2, 0) is 14.4 Å². The van der Waals surface area contributed by atoms with E-state index in [9.17, 15) is 24.6 Å². The van der Waals surface area contributed by atoms with Crippen LogP contribution in [0.3, 0.4) is 0 Å². The fourth-order valence-corrected chi connectivity index (χ4v) is 3.01. The Hall–Kier alpha value is 0.330. The molecule has 0 unspecified atom stereocenters. The van der Waals surface area contributed by atoms with Crippen molar-refractivity contribution < 1.29 is 93.3 Å². The van der Waals surface area contributed by atoms with Crippen molar-refractivity contribution in [3.05, 3.63) is 0 Å². The predicted molar refractivity (Wildman–Crippen MR) is 92.4 cm³/mol. The quantitative estimate of drug-likeness (QED) is 0.137. The summed E-state index contributed by atoms with van der Waals surface area (Å²) >= 11 is 0. The predicted octanol–water partition coefficient (Wildman–Crippen LogP) is -7.44. The van der Waals surface area contributed by atoms with Crippen LogP contribution in [-0.4, -0.2) is 66.8 Å². The third-order valence-corrected chi connectivity index (χ3v) is 4.42. The number of rotatable bonds is 17. The van der Waals surface area contributed by atoms with Gasteiger partial charge in [0.15, 0.2) is 0 Å². The molecule has 0 rings (SSSR count). The Balaban J connectivity index is -0.00000312. The number of carboxylic acid groups (broad SMARTS) is 2. The zero-order valence-corrected chi connectivity index (χ0v) is 21.8. The minimum Gasteiger partial charge on any atom is -0.544 e. The number of carbonyl (C=O) groups is 3. The largest absolute Gasteiger partial charge is 1.00 e. The first-order chi connectivity index (χ1) is 12.3. The van der Waals surface area contributed by atoms with Gasteiger partial charge in [-0.25, -0.2) is 0 Å². The number of nitrogens with zero attached hydrogens (tertiary/aromatic N) is 1. The maximum absolute atomic E-state index is 11.8. The fourth-order valence-electron chi connectivity index (χ4n) is 3.01. The van der Waals surface area contributed by atoms with Crippen molar-refractivity contribution in [3.8, 4) is 0 Å². The third-order valence-electron chi connectivity index (χ3n) is 4.42. The van der Waals surface area contributed by atoms with Crippen LogP contribution in [0.2, 0.25) is 0 Å². The molecule has 0 saturated heterocycles. The number of carboxylic acids is 2. The van der Waals surface area contributed by atoms with E-state index in [2.05, 4.69) is 12.2 Å². The van der Waals surface area contributed by atoms with E-state index in [0.717, 1.165) is 19.3 Å². The first kappa shape index (κ1) is 33.0. The second-order valence-electron chi connectivity index (χ2n) is 6.79. The van der Waals surface area contributed by atoms with Gasteiger partial charge in [0.25, 0.3) is 0 Å². The van der Waals surface area contributed by atoms with Crippen molar-refractivity contribution in [1.29, 1.82) is 0 Å². The van der Waals surface area contributed by atoms with Crippen LogP contribution in [0, 0.1) is 0 Å². The molecule has 0 atom stereocenters. The van der Waals surface area contributed by atoms with Crippen molar-refractivity contribution in [2.24, 2.45) is 0 Å². The molecule has 0 aromatic rings. The van der Waals surface area contributed by atoms with Crippen molar-refractivity contribution in [2.45, 2.75) is 58.3 Å². The summed E-state index contributed by atoms with van der Waals surface area (Å²) in [5.74, 6) is -2.95. The van der Waals surface area contributed by atoms with Gasteiger partial charge in [0, 0.05) is 6.42 Å². The molecule has 28 heavy (non-hydrogen) atoms. The Kier molecular flexibility index (Phi) is 24.3. The van der Waals surface area contributed by atoms with Gasteiger partial charge in [0.1, 0.15) is 19.6 Å². The second kappa shape index (κ2) is 20.6. The molecule has 0 spiro atoms. The Labute approximate surface area is 212 Å². The molecule has 0 saturated carbocycles. The van der Waals surface area contributed by atoms with E-state index in [1.54, 1.807) is 0 Å². The van der Waals surface area contributed by atoms with Gasteiger partial charge in [-0.2, -0.15) is 0 Å². The molecular weight excluding hydrogens is 386 g/mol. The number of hydrogen-bond acceptors (Lipinski definition) is 6. The Morgan fingerprint density at radius 3 is 1.82 bits per heavy atom. The van der Waals surface area contributed by atoms with Crippen molar-refractivity contribution in [2.75, 3.05) is 39.3 Å². The Bertz CT molecular complexity index is 422. The van der Waals surface area contributed by atoms with E-state index < -0.39 is 29.5 Å². The van der Waals surface area contributed by atoms with Crippen molar-refractivity contribution in [3.63, 3.8) is 0 Å². The molecule has 0 aromatic heterocycles. The van der Waals surface area contributed by atoms with Crippen LogP contribution < -0.4 is 74.6 Å². The van der Waals surface area contributed by atoms with Crippen LogP contribution in [0.15, 0.2) is 0 Å². The summed E-state index contributed by atoms with van der Waals surface area (Å²) in [5, 5.41) is 33.7. The van der Waals surface area contributed by atoms with Gasteiger partial charge in [-0.1, -0.05) is 45.4 Å². The van der Waals surface area contributed by atoms with E-state index in [1.165, 1.54) is 25.7 Å². The van der Waals surface area contributed by atoms with Crippen molar-refractivity contribution in [1.82, 2.24) is 5.32 Å². The summed E-state index contributed by atoms with van der Waals surface area (Å²) in [7, 11) is 0. The van der Waals surface area contributed by atoms with Gasteiger partial charge in [-0.15, -0.1) is 0 Å². The molecule has 8 nitrogen and oxygen atoms in total. The number of amides is 1. The molecule has 2 N–H and O–H groups in total. The average Bonchev–Trinajstić information content (AvgIpc) is 2.53. The smallest absolute Gasteiger partial charge is 0.544 e. The standard InChI is InChI=1S/C18H34N2O6.2Na/c1-2-3-4-5-6-7-8-9-16(22)19-10-11-20(12-13-21,14-17(23)24)15-18(25)26;;/h21H,2-15H2,1H3,(H2-,19,22,23,24,25,26);;/q;2*+1/p-1. The van der Waals surface area contributed by atoms with E-state index in [4.69, 9.17) is 5.11 Å². The molecule has 0 bridgehead atoms. The van der Waals surface area contributed by atoms with Gasteiger partial charge >= 0.3 is 59.1 Å². The fraction of sp³-hybridized carbons (Fsp3) is 0.833. The first-order valence-electron chi connectivity index (χ1n) is 9.47. The minimum atomic E-state index is -1.41. The summed E-state index contributed by atoms with van der Waals surface area (Å²) in [6.45, 7) is 0.839.